The van der Waals surface area contributed by atoms with Crippen LogP contribution in [0.4, 0.5) is 4.39 Å². The van der Waals surface area contributed by atoms with Gasteiger partial charge in [0.2, 0.25) is 17.7 Å². The molecule has 2 saturated heterocycles. The van der Waals surface area contributed by atoms with Crippen molar-refractivity contribution < 1.29 is 18.8 Å². The summed E-state index contributed by atoms with van der Waals surface area (Å²) in [6.07, 6.45) is 2.19. The van der Waals surface area contributed by atoms with Crippen LogP contribution in [-0.2, 0) is 14.4 Å². The maximum Gasteiger partial charge on any atom is 0.242 e. The van der Waals surface area contributed by atoms with Crippen molar-refractivity contribution in [3.63, 3.8) is 0 Å². The molecule has 140 valence electrons. The van der Waals surface area contributed by atoms with E-state index in [0.717, 1.165) is 0 Å². The second-order valence-corrected chi connectivity index (χ2v) is 7.33. The molecule has 1 aromatic carbocycles. The number of nitrogens with zero attached hydrogens (tertiary/aromatic N) is 1. The van der Waals surface area contributed by atoms with Crippen molar-refractivity contribution in [2.75, 3.05) is 6.54 Å². The quantitative estimate of drug-likeness (QED) is 0.859. The van der Waals surface area contributed by atoms with Crippen LogP contribution in [0.5, 0.6) is 0 Å². The minimum absolute atomic E-state index is 0.0431. The first-order valence-electron chi connectivity index (χ1n) is 8.93. The highest BCUT2D eigenvalue weighted by molar-refractivity contribution is 5.85. The molecule has 26 heavy (non-hydrogen) atoms. The number of fused-ring (bicyclic) bond motifs is 1. The number of hydrogen-bond donors (Lipinski definition) is 2. The SMILES string of the molecule is CC(=O)NCC(=O)N1[C@H]2CCCC(=O)N[C@@]2(C)C[C@H]1c1ccccc1F. The number of halogens is 1. The number of nitrogens with one attached hydrogen (secondary N) is 2. The van der Waals surface area contributed by atoms with Gasteiger partial charge in [-0.15, -0.1) is 0 Å². The molecular formula is C19H24FN3O3. The van der Waals surface area contributed by atoms with Crippen molar-refractivity contribution in [1.82, 2.24) is 15.5 Å². The Bertz CT molecular complexity index is 738. The highest BCUT2D eigenvalue weighted by Gasteiger charge is 2.53. The molecule has 2 heterocycles. The van der Waals surface area contributed by atoms with E-state index in [1.165, 1.54) is 13.0 Å². The highest BCUT2D eigenvalue weighted by Crippen LogP contribution is 2.45. The van der Waals surface area contributed by atoms with Crippen LogP contribution in [-0.4, -0.2) is 40.7 Å². The molecule has 2 fully saturated rings. The fraction of sp³-hybridized carbons (Fsp3) is 0.526. The molecule has 2 aliphatic heterocycles. The zero-order valence-electron chi connectivity index (χ0n) is 15.0. The van der Waals surface area contributed by atoms with E-state index in [0.29, 0.717) is 31.2 Å². The van der Waals surface area contributed by atoms with Crippen LogP contribution in [0.15, 0.2) is 24.3 Å². The molecule has 3 amide bonds. The zero-order valence-corrected chi connectivity index (χ0v) is 15.0. The number of hydrogen-bond acceptors (Lipinski definition) is 3. The fourth-order valence-electron chi connectivity index (χ4n) is 4.23. The van der Waals surface area contributed by atoms with Gasteiger partial charge < -0.3 is 15.5 Å². The number of amides is 3. The first-order chi connectivity index (χ1) is 12.3. The van der Waals surface area contributed by atoms with E-state index in [1.807, 2.05) is 6.92 Å². The van der Waals surface area contributed by atoms with E-state index >= 15 is 0 Å². The number of likely N-dealkylation sites (tertiary alicyclic amines) is 1. The largest absolute Gasteiger partial charge is 0.349 e. The van der Waals surface area contributed by atoms with Gasteiger partial charge >= 0.3 is 0 Å². The van der Waals surface area contributed by atoms with E-state index in [9.17, 15) is 18.8 Å². The summed E-state index contributed by atoms with van der Waals surface area (Å²) in [4.78, 5) is 37.9. The van der Waals surface area contributed by atoms with Crippen molar-refractivity contribution in [2.45, 2.75) is 57.2 Å². The van der Waals surface area contributed by atoms with E-state index in [4.69, 9.17) is 0 Å². The summed E-state index contributed by atoms with van der Waals surface area (Å²) < 4.78 is 14.5. The van der Waals surface area contributed by atoms with E-state index in [-0.39, 0.29) is 36.1 Å². The summed E-state index contributed by atoms with van der Waals surface area (Å²) in [5.41, 5.74) is -0.181. The Morgan fingerprint density at radius 3 is 2.81 bits per heavy atom. The molecule has 2 aliphatic rings. The lowest BCUT2D eigenvalue weighted by Crippen LogP contribution is -2.55. The average molecular weight is 361 g/mol. The molecule has 3 rings (SSSR count). The van der Waals surface area contributed by atoms with Gasteiger partial charge in [-0.3, -0.25) is 14.4 Å². The van der Waals surface area contributed by atoms with Crippen molar-refractivity contribution >= 4 is 17.7 Å². The lowest BCUT2D eigenvalue weighted by Gasteiger charge is -2.35. The topological polar surface area (TPSA) is 78.5 Å². The van der Waals surface area contributed by atoms with Gasteiger partial charge in [-0.1, -0.05) is 18.2 Å². The molecular weight excluding hydrogens is 337 g/mol. The predicted molar refractivity (Wildman–Crippen MR) is 93.5 cm³/mol. The molecule has 3 atom stereocenters. The Morgan fingerprint density at radius 1 is 1.38 bits per heavy atom. The van der Waals surface area contributed by atoms with Crippen molar-refractivity contribution in [3.05, 3.63) is 35.6 Å². The van der Waals surface area contributed by atoms with E-state index in [2.05, 4.69) is 10.6 Å². The first-order valence-corrected chi connectivity index (χ1v) is 8.93. The van der Waals surface area contributed by atoms with Gasteiger partial charge in [-0.05, 0) is 32.3 Å². The summed E-state index contributed by atoms with van der Waals surface area (Å²) in [5, 5.41) is 5.57. The molecule has 0 aromatic heterocycles. The molecule has 0 aliphatic carbocycles. The minimum atomic E-state index is -0.619. The van der Waals surface area contributed by atoms with Gasteiger partial charge in [-0.2, -0.15) is 0 Å². The second kappa shape index (κ2) is 7.05. The van der Waals surface area contributed by atoms with Crippen LogP contribution in [0.3, 0.4) is 0 Å². The summed E-state index contributed by atoms with van der Waals surface area (Å²) in [7, 11) is 0. The molecule has 0 radical (unpaired) electrons. The summed E-state index contributed by atoms with van der Waals surface area (Å²) in [6, 6.07) is 5.68. The lowest BCUT2D eigenvalue weighted by molar-refractivity contribution is -0.136. The molecule has 0 unspecified atom stereocenters. The van der Waals surface area contributed by atoms with Crippen molar-refractivity contribution in [3.8, 4) is 0 Å². The molecule has 2 N–H and O–H groups in total. The third kappa shape index (κ3) is 3.43. The van der Waals surface area contributed by atoms with Gasteiger partial charge in [0, 0.05) is 18.9 Å². The standard InChI is InChI=1S/C19H24FN3O3/c1-12(24)21-11-18(26)23-15(13-6-3-4-7-14(13)20)10-19(2)16(23)8-5-9-17(25)22-19/h3-4,6-7,15-16H,5,8-11H2,1-2H3,(H,21,24)(H,22,25)/t15-,16-,19-/m0/s1. The highest BCUT2D eigenvalue weighted by atomic mass is 19.1. The Labute approximate surface area is 152 Å². The normalized spacial score (nSPS) is 28.1. The van der Waals surface area contributed by atoms with Crippen LogP contribution in [0.2, 0.25) is 0 Å². The Morgan fingerprint density at radius 2 is 2.12 bits per heavy atom. The average Bonchev–Trinajstić information content (AvgIpc) is 2.76. The monoisotopic (exact) mass is 361 g/mol. The summed E-state index contributed by atoms with van der Waals surface area (Å²) >= 11 is 0. The third-order valence-electron chi connectivity index (χ3n) is 5.37. The van der Waals surface area contributed by atoms with Crippen LogP contribution in [0.1, 0.15) is 51.1 Å². The lowest BCUT2D eigenvalue weighted by atomic mass is 9.88. The molecule has 0 bridgehead atoms. The zero-order chi connectivity index (χ0) is 18.9. The smallest absolute Gasteiger partial charge is 0.242 e. The van der Waals surface area contributed by atoms with Crippen LogP contribution < -0.4 is 10.6 Å². The van der Waals surface area contributed by atoms with Gasteiger partial charge in [0.15, 0.2) is 0 Å². The van der Waals surface area contributed by atoms with Gasteiger partial charge in [0.25, 0.3) is 0 Å². The van der Waals surface area contributed by atoms with Gasteiger partial charge in [-0.25, -0.2) is 4.39 Å². The Kier molecular flexibility index (Phi) is 4.98. The van der Waals surface area contributed by atoms with Crippen molar-refractivity contribution in [1.29, 1.82) is 0 Å². The summed E-state index contributed by atoms with van der Waals surface area (Å²) in [6.45, 7) is 3.13. The molecule has 0 saturated carbocycles. The fourth-order valence-corrected chi connectivity index (χ4v) is 4.23. The first kappa shape index (κ1) is 18.4. The number of benzene rings is 1. The maximum atomic E-state index is 14.5. The summed E-state index contributed by atoms with van der Waals surface area (Å²) in [5.74, 6) is -0.977. The molecule has 0 spiro atoms. The maximum absolute atomic E-state index is 14.5. The van der Waals surface area contributed by atoms with Crippen molar-refractivity contribution in [2.24, 2.45) is 0 Å². The number of rotatable bonds is 3. The molecule has 1 aromatic rings. The number of carbonyl (C=O) groups excluding carboxylic acids is 3. The van der Waals surface area contributed by atoms with Crippen LogP contribution >= 0.6 is 0 Å². The predicted octanol–water partition coefficient (Wildman–Crippen LogP) is 1.66. The van der Waals surface area contributed by atoms with Gasteiger partial charge in [0.1, 0.15) is 5.82 Å². The molecule has 7 heteroatoms. The van der Waals surface area contributed by atoms with Crippen LogP contribution in [0, 0.1) is 5.82 Å². The Balaban J connectivity index is 1.98. The van der Waals surface area contributed by atoms with Crippen LogP contribution in [0.25, 0.3) is 0 Å². The minimum Gasteiger partial charge on any atom is -0.349 e. The Hall–Kier alpha value is -2.44. The van der Waals surface area contributed by atoms with E-state index < -0.39 is 11.6 Å². The molecule has 6 nitrogen and oxygen atoms in total. The van der Waals surface area contributed by atoms with Gasteiger partial charge in [0.05, 0.1) is 24.2 Å². The number of carbonyl (C=O) groups is 3. The second-order valence-electron chi connectivity index (χ2n) is 7.33. The third-order valence-corrected chi connectivity index (χ3v) is 5.37. The van der Waals surface area contributed by atoms with E-state index in [1.54, 1.807) is 23.1 Å².